The Bertz CT molecular complexity index is 2010. The molecule has 0 saturated carbocycles. The van der Waals surface area contributed by atoms with E-state index in [0.29, 0.717) is 37.9 Å². The summed E-state index contributed by atoms with van der Waals surface area (Å²) in [5.41, 5.74) is 0.280. The van der Waals surface area contributed by atoms with Gasteiger partial charge in [-0.1, -0.05) is 37.4 Å². The van der Waals surface area contributed by atoms with Crippen molar-refractivity contribution in [3.8, 4) is 11.5 Å². The third kappa shape index (κ3) is 11.8. The van der Waals surface area contributed by atoms with E-state index < -0.39 is 47.9 Å². The molecule has 58 heavy (non-hydrogen) atoms. The van der Waals surface area contributed by atoms with Crippen molar-refractivity contribution in [1.82, 2.24) is 4.90 Å². The van der Waals surface area contributed by atoms with Gasteiger partial charge in [-0.3, -0.25) is 14.5 Å². The van der Waals surface area contributed by atoms with Gasteiger partial charge < -0.3 is 28.4 Å². The summed E-state index contributed by atoms with van der Waals surface area (Å²) >= 11 is 0. The summed E-state index contributed by atoms with van der Waals surface area (Å²) in [6, 6.07) is 20.6. The summed E-state index contributed by atoms with van der Waals surface area (Å²) in [5, 5.41) is 3.06. The molecule has 1 aliphatic rings. The number of benzene rings is 4. The van der Waals surface area contributed by atoms with Gasteiger partial charge in [-0.05, 0) is 121 Å². The smallest absolute Gasteiger partial charge is 0.339 e. The van der Waals surface area contributed by atoms with Gasteiger partial charge in [0.1, 0.15) is 11.5 Å². The quantitative estimate of drug-likeness (QED) is 0.0262. The maximum absolute atomic E-state index is 13.3. The Morgan fingerprint density at radius 1 is 0.534 bits per heavy atom. The van der Waals surface area contributed by atoms with Crippen molar-refractivity contribution in [3.05, 3.63) is 109 Å². The molecule has 1 unspecified atom stereocenters. The van der Waals surface area contributed by atoms with Crippen LogP contribution in [0.15, 0.2) is 98.1 Å². The molecule has 1 aliphatic heterocycles. The normalized spacial score (nSPS) is 14.9. The Morgan fingerprint density at radius 3 is 1.29 bits per heavy atom. The molecule has 1 fully saturated rings. The fourth-order valence-electron chi connectivity index (χ4n) is 6.18. The highest BCUT2D eigenvalue weighted by atomic mass is 16.6. The van der Waals surface area contributed by atoms with E-state index in [-0.39, 0.29) is 11.1 Å². The summed E-state index contributed by atoms with van der Waals surface area (Å²) in [5.74, 6) is -2.86. The van der Waals surface area contributed by atoms with Crippen LogP contribution in [0.1, 0.15) is 72.1 Å². The number of carbonyl (C=O) groups excluding carboxylic acids is 6. The van der Waals surface area contributed by atoms with Crippen molar-refractivity contribution in [1.29, 1.82) is 0 Å². The number of likely N-dealkylation sites (N-methyl/N-ethyl adjacent to an activating group) is 1. The molecule has 0 N–H and O–H groups in total. The van der Waals surface area contributed by atoms with Crippen molar-refractivity contribution in [2.75, 3.05) is 33.5 Å². The van der Waals surface area contributed by atoms with Crippen LogP contribution in [0.25, 0.3) is 21.5 Å². The lowest BCUT2D eigenvalue weighted by atomic mass is 10.1. The average molecular weight is 794 g/mol. The molecular formula is C45H47NO12. The molecule has 0 aliphatic carbocycles. The standard InChI is InChI=1S/C45H47NO12/c1-4-38(47)55-24-12-8-6-10-22-53-36-20-18-30-26-34(16-14-32(30)28-36)44(51)57-40-41(43(50)46(3)42(40)49)58-45(52)35-17-15-33-29-37(21-19-31(33)27-35)54-23-11-7-9-13-25-56-39(48)5-2/h4-5,14-21,26-29,40-41H,1-2,6-13,22-25H2,3H3/t40-,41?/m1/s1. The zero-order valence-corrected chi connectivity index (χ0v) is 32.5. The highest BCUT2D eigenvalue weighted by Gasteiger charge is 2.51. The number of unbranched alkanes of at least 4 members (excludes halogenated alkanes) is 6. The molecule has 0 spiro atoms. The number of hydrogen-bond acceptors (Lipinski definition) is 12. The molecule has 4 aromatic rings. The summed E-state index contributed by atoms with van der Waals surface area (Å²) in [6.07, 6.45) is 5.77. The SMILES string of the molecule is C=CC(=O)OCCCCCCOc1ccc2cc(C(=O)OC3C(=O)N(C)C(=O)[C@@H]3OC(=O)c3ccc4cc(OCCCCCCOC(=O)C=C)ccc4c3)ccc2c1. The molecule has 0 radical (unpaired) electrons. The molecule has 0 bridgehead atoms. The average Bonchev–Trinajstić information content (AvgIpc) is 3.43. The monoisotopic (exact) mass is 793 g/mol. The minimum Gasteiger partial charge on any atom is -0.494 e. The van der Waals surface area contributed by atoms with E-state index in [1.54, 1.807) is 60.7 Å². The fraction of sp³-hybridized carbons (Fsp3) is 0.333. The van der Waals surface area contributed by atoms with E-state index in [4.69, 9.17) is 28.4 Å². The van der Waals surface area contributed by atoms with E-state index in [1.165, 1.54) is 7.05 Å². The lowest BCUT2D eigenvalue weighted by Crippen LogP contribution is -2.37. The summed E-state index contributed by atoms with van der Waals surface area (Å²) in [6.45, 7) is 8.48. The number of amides is 2. The molecule has 13 heteroatoms. The Morgan fingerprint density at radius 2 is 0.897 bits per heavy atom. The van der Waals surface area contributed by atoms with E-state index in [1.807, 2.05) is 12.1 Å². The van der Waals surface area contributed by atoms with Crippen LogP contribution in [0, 0.1) is 0 Å². The van der Waals surface area contributed by atoms with Gasteiger partial charge in [-0.2, -0.15) is 0 Å². The van der Waals surface area contributed by atoms with E-state index in [2.05, 4.69) is 13.2 Å². The fourth-order valence-corrected chi connectivity index (χ4v) is 6.18. The number of rotatable bonds is 22. The van der Waals surface area contributed by atoms with E-state index in [9.17, 15) is 28.8 Å². The zero-order chi connectivity index (χ0) is 41.4. The lowest BCUT2D eigenvalue weighted by molar-refractivity contribution is -0.140. The summed E-state index contributed by atoms with van der Waals surface area (Å²) in [7, 11) is 1.23. The van der Waals surface area contributed by atoms with Crippen LogP contribution in [0.2, 0.25) is 0 Å². The van der Waals surface area contributed by atoms with E-state index >= 15 is 0 Å². The number of carbonyl (C=O) groups is 6. The van der Waals surface area contributed by atoms with Crippen molar-refractivity contribution in [2.24, 2.45) is 0 Å². The molecule has 1 saturated heterocycles. The maximum Gasteiger partial charge on any atom is 0.339 e. The van der Waals surface area contributed by atoms with Crippen LogP contribution in [0.4, 0.5) is 0 Å². The first kappa shape index (κ1) is 42.6. The van der Waals surface area contributed by atoms with Gasteiger partial charge in [0.25, 0.3) is 11.8 Å². The largest absolute Gasteiger partial charge is 0.494 e. The third-order valence-electron chi connectivity index (χ3n) is 9.42. The molecule has 1 heterocycles. The van der Waals surface area contributed by atoms with E-state index in [0.717, 1.165) is 90.0 Å². The van der Waals surface area contributed by atoms with Gasteiger partial charge in [0.2, 0.25) is 12.2 Å². The Balaban J connectivity index is 1.11. The van der Waals surface area contributed by atoms with Crippen molar-refractivity contribution >= 4 is 57.2 Å². The van der Waals surface area contributed by atoms with Gasteiger partial charge in [0.15, 0.2) is 0 Å². The number of fused-ring (bicyclic) bond motifs is 2. The second-order valence-electron chi connectivity index (χ2n) is 13.6. The second-order valence-corrected chi connectivity index (χ2v) is 13.6. The highest BCUT2D eigenvalue weighted by Crippen LogP contribution is 2.27. The molecular weight excluding hydrogens is 746 g/mol. The van der Waals surface area contributed by atoms with Gasteiger partial charge in [-0.15, -0.1) is 0 Å². The first-order chi connectivity index (χ1) is 28.1. The van der Waals surface area contributed by atoms with Gasteiger partial charge in [0, 0.05) is 19.2 Å². The Hall–Kier alpha value is -6.50. The molecule has 5 rings (SSSR count). The first-order valence-electron chi connectivity index (χ1n) is 19.2. The van der Waals surface area contributed by atoms with Gasteiger partial charge in [-0.25, -0.2) is 19.2 Å². The van der Waals surface area contributed by atoms with Crippen LogP contribution in [-0.2, 0) is 38.1 Å². The molecule has 2 atom stereocenters. The van der Waals surface area contributed by atoms with Crippen molar-refractivity contribution in [2.45, 2.75) is 63.6 Å². The highest BCUT2D eigenvalue weighted by molar-refractivity contribution is 6.10. The van der Waals surface area contributed by atoms with Crippen LogP contribution in [-0.4, -0.2) is 86.3 Å². The molecule has 304 valence electrons. The minimum absolute atomic E-state index is 0.140. The maximum atomic E-state index is 13.3. The number of imide groups is 1. The second kappa shape index (κ2) is 21.1. The predicted octanol–water partition coefficient (Wildman–Crippen LogP) is 7.08. The van der Waals surface area contributed by atoms with Crippen LogP contribution in [0.5, 0.6) is 11.5 Å². The molecule has 4 aromatic carbocycles. The lowest BCUT2D eigenvalue weighted by Gasteiger charge is -2.17. The molecule has 2 amide bonds. The van der Waals surface area contributed by atoms with Crippen LogP contribution >= 0.6 is 0 Å². The molecule has 13 nitrogen and oxygen atoms in total. The van der Waals surface area contributed by atoms with Gasteiger partial charge >= 0.3 is 23.9 Å². The number of likely N-dealkylation sites (tertiary alicyclic amines) is 1. The van der Waals surface area contributed by atoms with Crippen LogP contribution in [0.3, 0.4) is 0 Å². The number of hydrogen-bond donors (Lipinski definition) is 0. The zero-order valence-electron chi connectivity index (χ0n) is 32.5. The van der Waals surface area contributed by atoms with Gasteiger partial charge in [0.05, 0.1) is 37.6 Å². The van der Waals surface area contributed by atoms with Crippen LogP contribution < -0.4 is 9.47 Å². The predicted molar refractivity (Wildman–Crippen MR) is 214 cm³/mol. The topological polar surface area (TPSA) is 161 Å². The minimum atomic E-state index is -1.67. The van der Waals surface area contributed by atoms with Crippen molar-refractivity contribution < 1.29 is 57.2 Å². The third-order valence-corrected chi connectivity index (χ3v) is 9.42. The first-order valence-corrected chi connectivity index (χ1v) is 19.2. The number of ether oxygens (including phenoxy) is 6. The van der Waals surface area contributed by atoms with Crippen molar-refractivity contribution in [3.63, 3.8) is 0 Å². The summed E-state index contributed by atoms with van der Waals surface area (Å²) in [4.78, 5) is 75.6. The number of esters is 4. The Labute approximate surface area is 336 Å². The molecule has 0 aromatic heterocycles. The summed E-state index contributed by atoms with van der Waals surface area (Å²) < 4.78 is 32.8. The Kier molecular flexibility index (Phi) is 15.5. The number of nitrogens with zero attached hydrogens (tertiary/aromatic N) is 1.